The molecule has 0 bridgehead atoms. The summed E-state index contributed by atoms with van der Waals surface area (Å²) in [6.07, 6.45) is 1.04. The van der Waals surface area contributed by atoms with Crippen LogP contribution in [0.15, 0.2) is 53.3 Å². The highest BCUT2D eigenvalue weighted by molar-refractivity contribution is 5.77. The molecule has 0 spiro atoms. The third-order valence-corrected chi connectivity index (χ3v) is 5.12. The summed E-state index contributed by atoms with van der Waals surface area (Å²) in [6, 6.07) is 17.8. The molecular formula is C22H23N5O. The highest BCUT2D eigenvalue weighted by Crippen LogP contribution is 2.20. The zero-order chi connectivity index (χ0) is 19.7. The number of rotatable bonds is 6. The van der Waals surface area contributed by atoms with Gasteiger partial charge in [0, 0.05) is 6.54 Å². The Balaban J connectivity index is 1.85. The number of benzene rings is 2. The Hall–Kier alpha value is -3.33. The van der Waals surface area contributed by atoms with Crippen LogP contribution in [0.25, 0.3) is 22.1 Å². The Morgan fingerprint density at radius 3 is 2.29 bits per heavy atom. The molecule has 2 aromatic carbocycles. The van der Waals surface area contributed by atoms with Gasteiger partial charge in [-0.25, -0.2) is 9.78 Å². The van der Waals surface area contributed by atoms with Crippen molar-refractivity contribution in [2.75, 3.05) is 0 Å². The van der Waals surface area contributed by atoms with Crippen molar-refractivity contribution < 1.29 is 0 Å². The molecule has 0 aliphatic carbocycles. The summed E-state index contributed by atoms with van der Waals surface area (Å²) in [5.74, 6) is 1.44. The summed E-state index contributed by atoms with van der Waals surface area (Å²) in [4.78, 5) is 17.8. The minimum atomic E-state index is -0.176. The fourth-order valence-electron chi connectivity index (χ4n) is 3.67. The minimum absolute atomic E-state index is 0.0378. The van der Waals surface area contributed by atoms with E-state index in [0.717, 1.165) is 40.9 Å². The second-order valence-electron chi connectivity index (χ2n) is 7.45. The molecule has 0 atom stereocenters. The molecule has 28 heavy (non-hydrogen) atoms. The van der Waals surface area contributed by atoms with Gasteiger partial charge in [0.15, 0.2) is 0 Å². The number of para-hydroxylation sites is 4. The van der Waals surface area contributed by atoms with Crippen molar-refractivity contribution in [1.82, 2.24) is 18.7 Å². The largest absolute Gasteiger partial charge is 0.330 e. The van der Waals surface area contributed by atoms with E-state index in [1.807, 2.05) is 42.5 Å². The molecule has 142 valence electrons. The lowest BCUT2D eigenvalue weighted by Gasteiger charge is -2.11. The second kappa shape index (κ2) is 7.35. The standard InChI is InChI=1S/C22H23N5O/c1-16(2)11-13-25-18-8-4-3-7-17(18)24-21(25)15-27-20-10-6-5-9-19(20)26(14-12-23)22(27)28/h3-10,16H,11,13-15H2,1-2H3. The molecule has 0 saturated carbocycles. The lowest BCUT2D eigenvalue weighted by Crippen LogP contribution is -2.25. The summed E-state index contributed by atoms with van der Waals surface area (Å²) >= 11 is 0. The van der Waals surface area contributed by atoms with Gasteiger partial charge < -0.3 is 4.57 Å². The Morgan fingerprint density at radius 2 is 1.61 bits per heavy atom. The van der Waals surface area contributed by atoms with Crippen molar-refractivity contribution >= 4 is 22.1 Å². The maximum Gasteiger partial charge on any atom is 0.330 e. The molecule has 0 radical (unpaired) electrons. The Bertz CT molecular complexity index is 1240. The van der Waals surface area contributed by atoms with E-state index in [9.17, 15) is 4.79 Å². The quantitative estimate of drug-likeness (QED) is 0.517. The van der Waals surface area contributed by atoms with Gasteiger partial charge in [0.25, 0.3) is 0 Å². The molecule has 4 rings (SSSR count). The van der Waals surface area contributed by atoms with E-state index >= 15 is 0 Å². The highest BCUT2D eigenvalue weighted by Gasteiger charge is 2.17. The number of hydrogen-bond donors (Lipinski definition) is 0. The number of aryl methyl sites for hydroxylation is 1. The fraction of sp³-hybridized carbons (Fsp3) is 0.318. The Morgan fingerprint density at radius 1 is 0.964 bits per heavy atom. The fourth-order valence-corrected chi connectivity index (χ4v) is 3.67. The van der Waals surface area contributed by atoms with E-state index in [4.69, 9.17) is 10.2 Å². The highest BCUT2D eigenvalue weighted by atomic mass is 16.1. The number of fused-ring (bicyclic) bond motifs is 2. The van der Waals surface area contributed by atoms with E-state index in [0.29, 0.717) is 12.5 Å². The van der Waals surface area contributed by atoms with Crippen LogP contribution in [0.3, 0.4) is 0 Å². The summed E-state index contributed by atoms with van der Waals surface area (Å²) in [5, 5.41) is 9.13. The molecule has 2 heterocycles. The molecule has 0 amide bonds. The van der Waals surface area contributed by atoms with Crippen LogP contribution in [-0.4, -0.2) is 18.7 Å². The van der Waals surface area contributed by atoms with Gasteiger partial charge in [0.1, 0.15) is 12.4 Å². The van der Waals surface area contributed by atoms with Crippen molar-refractivity contribution in [2.24, 2.45) is 5.92 Å². The minimum Gasteiger partial charge on any atom is -0.326 e. The molecule has 0 aliphatic rings. The second-order valence-corrected chi connectivity index (χ2v) is 7.45. The number of hydrogen-bond acceptors (Lipinski definition) is 3. The Labute approximate surface area is 163 Å². The van der Waals surface area contributed by atoms with Crippen LogP contribution in [0.5, 0.6) is 0 Å². The lowest BCUT2D eigenvalue weighted by atomic mass is 10.1. The maximum absolute atomic E-state index is 13.0. The lowest BCUT2D eigenvalue weighted by molar-refractivity contribution is 0.507. The summed E-state index contributed by atoms with van der Waals surface area (Å²) < 4.78 is 5.47. The van der Waals surface area contributed by atoms with Crippen molar-refractivity contribution in [3.8, 4) is 6.07 Å². The van der Waals surface area contributed by atoms with Crippen LogP contribution in [0, 0.1) is 17.2 Å². The van der Waals surface area contributed by atoms with E-state index in [-0.39, 0.29) is 12.2 Å². The van der Waals surface area contributed by atoms with Gasteiger partial charge >= 0.3 is 5.69 Å². The smallest absolute Gasteiger partial charge is 0.326 e. The SMILES string of the molecule is CC(C)CCn1c(Cn2c(=O)n(CC#N)c3ccccc32)nc2ccccc21. The normalized spacial score (nSPS) is 11.5. The average Bonchev–Trinajstić information content (AvgIpc) is 3.17. The number of nitriles is 1. The van der Waals surface area contributed by atoms with Crippen LogP contribution in [-0.2, 0) is 19.6 Å². The Kier molecular flexibility index (Phi) is 4.74. The van der Waals surface area contributed by atoms with Gasteiger partial charge in [-0.2, -0.15) is 5.26 Å². The first-order chi connectivity index (χ1) is 13.6. The molecule has 0 saturated heterocycles. The topological polar surface area (TPSA) is 68.5 Å². The maximum atomic E-state index is 13.0. The van der Waals surface area contributed by atoms with Gasteiger partial charge in [-0.1, -0.05) is 38.1 Å². The van der Waals surface area contributed by atoms with Crippen molar-refractivity contribution in [2.45, 2.75) is 39.9 Å². The summed E-state index contributed by atoms with van der Waals surface area (Å²) in [7, 11) is 0. The predicted octanol–water partition coefficient (Wildman–Crippen LogP) is 3.77. The van der Waals surface area contributed by atoms with Gasteiger partial charge in [0.05, 0.1) is 34.7 Å². The first-order valence-electron chi connectivity index (χ1n) is 9.59. The van der Waals surface area contributed by atoms with Gasteiger partial charge in [-0.15, -0.1) is 0 Å². The van der Waals surface area contributed by atoms with Crippen molar-refractivity contribution in [1.29, 1.82) is 5.26 Å². The summed E-state index contributed by atoms with van der Waals surface area (Å²) in [5.41, 5.74) is 3.45. The van der Waals surface area contributed by atoms with Crippen molar-refractivity contribution in [3.63, 3.8) is 0 Å². The van der Waals surface area contributed by atoms with Crippen LogP contribution in [0.2, 0.25) is 0 Å². The number of nitrogens with zero attached hydrogens (tertiary/aromatic N) is 5. The molecule has 0 aliphatic heterocycles. The molecule has 6 heteroatoms. The zero-order valence-corrected chi connectivity index (χ0v) is 16.2. The first-order valence-corrected chi connectivity index (χ1v) is 9.59. The van der Waals surface area contributed by atoms with Gasteiger partial charge in [-0.3, -0.25) is 9.13 Å². The van der Waals surface area contributed by atoms with E-state index in [2.05, 4.69) is 30.6 Å². The van der Waals surface area contributed by atoms with Crippen LogP contribution < -0.4 is 5.69 Å². The molecule has 0 fully saturated rings. The molecular weight excluding hydrogens is 350 g/mol. The van der Waals surface area contributed by atoms with E-state index in [1.165, 1.54) is 4.57 Å². The molecule has 6 nitrogen and oxygen atoms in total. The van der Waals surface area contributed by atoms with E-state index in [1.54, 1.807) is 4.57 Å². The molecule has 2 aromatic heterocycles. The first kappa shape index (κ1) is 18.1. The molecule has 0 unspecified atom stereocenters. The average molecular weight is 373 g/mol. The molecule has 0 N–H and O–H groups in total. The van der Waals surface area contributed by atoms with Crippen molar-refractivity contribution in [3.05, 3.63) is 64.8 Å². The predicted molar refractivity (Wildman–Crippen MR) is 110 cm³/mol. The van der Waals surface area contributed by atoms with Gasteiger partial charge in [0.2, 0.25) is 0 Å². The number of aromatic nitrogens is 4. The van der Waals surface area contributed by atoms with Crippen LogP contribution in [0.1, 0.15) is 26.1 Å². The molecule has 4 aromatic rings. The third kappa shape index (κ3) is 3.09. The zero-order valence-electron chi connectivity index (χ0n) is 16.2. The summed E-state index contributed by atoms with van der Waals surface area (Å²) in [6.45, 7) is 5.69. The number of imidazole rings is 2. The van der Waals surface area contributed by atoms with Gasteiger partial charge in [-0.05, 0) is 36.6 Å². The third-order valence-electron chi connectivity index (χ3n) is 5.12. The van der Waals surface area contributed by atoms with Crippen LogP contribution >= 0.6 is 0 Å². The van der Waals surface area contributed by atoms with E-state index < -0.39 is 0 Å². The monoisotopic (exact) mass is 373 g/mol. The van der Waals surface area contributed by atoms with Crippen LogP contribution in [0.4, 0.5) is 0 Å².